The number of carbonyl (C=O) groups is 2. The zero-order chi connectivity index (χ0) is 22.7. The monoisotopic (exact) mass is 470 g/mol. The summed E-state index contributed by atoms with van der Waals surface area (Å²) in [5.41, 5.74) is 0.139. The quantitative estimate of drug-likeness (QED) is 0.571. The van der Waals surface area contributed by atoms with Crippen LogP contribution >= 0.6 is 11.3 Å². The van der Waals surface area contributed by atoms with Crippen LogP contribution in [-0.2, 0) is 9.53 Å². The van der Waals surface area contributed by atoms with E-state index in [9.17, 15) is 18.4 Å². The number of piperidine rings is 1. The first kappa shape index (κ1) is 20.6. The molecule has 0 aliphatic carbocycles. The largest absolute Gasteiger partial charge is 0.342 e. The highest BCUT2D eigenvalue weighted by molar-refractivity contribution is 7.20. The number of benzene rings is 1. The SMILES string of the molecule is O=C(c1nc2cnccc2s1)N1CCC2(CC1)O[C@@H]1CC[C@@H](c3cc(F)cc(F)c3)N1C2=O. The number of nitrogens with zero attached hydrogens (tertiary/aromatic N) is 4. The topological polar surface area (TPSA) is 75.6 Å². The van der Waals surface area contributed by atoms with Crippen molar-refractivity contribution in [3.05, 3.63) is 58.9 Å². The maximum Gasteiger partial charge on any atom is 0.282 e. The number of halogens is 2. The highest BCUT2D eigenvalue weighted by Gasteiger charge is 2.58. The Bertz CT molecular complexity index is 1220. The lowest BCUT2D eigenvalue weighted by Crippen LogP contribution is -2.51. The van der Waals surface area contributed by atoms with Crippen LogP contribution in [0.4, 0.5) is 8.78 Å². The normalized spacial score (nSPS) is 24.1. The van der Waals surface area contributed by atoms with Gasteiger partial charge in [0, 0.05) is 38.2 Å². The Balaban J connectivity index is 1.18. The highest BCUT2D eigenvalue weighted by Crippen LogP contribution is 2.47. The minimum atomic E-state index is -0.997. The summed E-state index contributed by atoms with van der Waals surface area (Å²) in [7, 11) is 0. The van der Waals surface area contributed by atoms with Gasteiger partial charge in [-0.3, -0.25) is 14.6 Å². The summed E-state index contributed by atoms with van der Waals surface area (Å²) in [5.74, 6) is -1.63. The second kappa shape index (κ2) is 7.53. The van der Waals surface area contributed by atoms with E-state index < -0.39 is 29.5 Å². The van der Waals surface area contributed by atoms with Gasteiger partial charge in [0.2, 0.25) is 0 Å². The molecule has 1 aromatic carbocycles. The van der Waals surface area contributed by atoms with Gasteiger partial charge < -0.3 is 14.5 Å². The van der Waals surface area contributed by atoms with E-state index in [-0.39, 0.29) is 11.8 Å². The van der Waals surface area contributed by atoms with Gasteiger partial charge >= 0.3 is 0 Å². The zero-order valence-electron chi connectivity index (χ0n) is 17.5. The molecule has 3 aromatic rings. The fourth-order valence-corrected chi connectivity index (χ4v) is 6.12. The number of thiazole rings is 1. The molecule has 10 heteroatoms. The van der Waals surface area contributed by atoms with Gasteiger partial charge in [0.25, 0.3) is 11.8 Å². The van der Waals surface area contributed by atoms with Gasteiger partial charge in [0.1, 0.15) is 23.4 Å². The zero-order valence-corrected chi connectivity index (χ0v) is 18.4. The Morgan fingerprint density at radius 3 is 2.64 bits per heavy atom. The summed E-state index contributed by atoms with van der Waals surface area (Å²) >= 11 is 1.33. The van der Waals surface area contributed by atoms with Crippen LogP contribution in [0.1, 0.15) is 47.1 Å². The third kappa shape index (κ3) is 3.31. The number of hydrogen-bond donors (Lipinski definition) is 0. The molecular weight excluding hydrogens is 450 g/mol. The molecule has 170 valence electrons. The van der Waals surface area contributed by atoms with Crippen LogP contribution in [0.3, 0.4) is 0 Å². The summed E-state index contributed by atoms with van der Waals surface area (Å²) in [4.78, 5) is 38.3. The third-order valence-electron chi connectivity index (χ3n) is 6.82. The van der Waals surface area contributed by atoms with Crippen molar-refractivity contribution in [2.75, 3.05) is 13.1 Å². The molecule has 0 radical (unpaired) electrons. The first-order chi connectivity index (χ1) is 15.9. The lowest BCUT2D eigenvalue weighted by molar-refractivity contribution is -0.142. The second-order valence-electron chi connectivity index (χ2n) is 8.73. The van der Waals surface area contributed by atoms with Crippen LogP contribution in [0.25, 0.3) is 10.2 Å². The lowest BCUT2D eigenvalue weighted by atomic mass is 9.89. The van der Waals surface area contributed by atoms with E-state index in [4.69, 9.17) is 4.74 Å². The number of aromatic nitrogens is 2. The van der Waals surface area contributed by atoms with Crippen LogP contribution in [-0.4, -0.2) is 56.5 Å². The van der Waals surface area contributed by atoms with Crippen molar-refractivity contribution in [3.8, 4) is 0 Å². The summed E-state index contributed by atoms with van der Waals surface area (Å²) in [6, 6.07) is 4.80. The molecule has 7 nitrogen and oxygen atoms in total. The molecule has 3 fully saturated rings. The van der Waals surface area contributed by atoms with Gasteiger partial charge in [-0.2, -0.15) is 0 Å². The van der Waals surface area contributed by atoms with Crippen molar-refractivity contribution in [2.45, 2.75) is 43.6 Å². The summed E-state index contributed by atoms with van der Waals surface area (Å²) < 4.78 is 34.7. The molecule has 6 rings (SSSR count). The number of rotatable bonds is 2. The summed E-state index contributed by atoms with van der Waals surface area (Å²) in [5, 5.41) is 0.404. The number of pyridine rings is 1. The summed E-state index contributed by atoms with van der Waals surface area (Å²) in [6.45, 7) is 0.747. The van der Waals surface area contributed by atoms with E-state index in [0.29, 0.717) is 54.9 Å². The number of hydrogen-bond acceptors (Lipinski definition) is 6. The number of fused-ring (bicyclic) bond motifs is 2. The molecule has 1 spiro atoms. The Kier molecular flexibility index (Phi) is 4.70. The van der Waals surface area contributed by atoms with Gasteiger partial charge in [-0.15, -0.1) is 11.3 Å². The van der Waals surface area contributed by atoms with Gasteiger partial charge in [-0.1, -0.05) is 0 Å². The molecular formula is C23H20F2N4O3S. The first-order valence-electron chi connectivity index (χ1n) is 10.9. The fraction of sp³-hybridized carbons (Fsp3) is 0.391. The van der Waals surface area contributed by atoms with Crippen molar-refractivity contribution in [2.24, 2.45) is 0 Å². The molecule has 5 heterocycles. The fourth-order valence-electron chi connectivity index (χ4n) is 5.22. The van der Waals surface area contributed by atoms with Gasteiger partial charge in [0.05, 0.1) is 16.9 Å². The molecule has 0 N–H and O–H groups in total. The van der Waals surface area contributed by atoms with E-state index >= 15 is 0 Å². The van der Waals surface area contributed by atoms with Crippen LogP contribution in [0.2, 0.25) is 0 Å². The van der Waals surface area contributed by atoms with Crippen molar-refractivity contribution in [1.29, 1.82) is 0 Å². The third-order valence-corrected chi connectivity index (χ3v) is 7.84. The van der Waals surface area contributed by atoms with Crippen LogP contribution in [0.5, 0.6) is 0 Å². The Hall–Kier alpha value is -2.98. The molecule has 3 aliphatic rings. The molecule has 0 saturated carbocycles. The predicted octanol–water partition coefficient (Wildman–Crippen LogP) is 3.66. The average molecular weight is 471 g/mol. The highest BCUT2D eigenvalue weighted by atomic mass is 32.1. The number of ether oxygens (including phenoxy) is 1. The van der Waals surface area contributed by atoms with Crippen LogP contribution in [0.15, 0.2) is 36.7 Å². The van der Waals surface area contributed by atoms with Crippen molar-refractivity contribution >= 4 is 33.4 Å². The number of amides is 2. The standard InChI is InChI=1S/C23H20F2N4O3S/c24-14-9-13(10-15(25)11-14)17-1-2-19-29(17)22(31)23(32-19)4-7-28(8-5-23)21(30)20-27-16-12-26-6-3-18(16)33-20/h3,6,9-12,17,19H,1-2,4-5,7-8H2/t17-,19+/m0/s1. The predicted molar refractivity (Wildman–Crippen MR) is 115 cm³/mol. The molecule has 2 atom stereocenters. The molecule has 0 unspecified atom stereocenters. The molecule has 33 heavy (non-hydrogen) atoms. The van der Waals surface area contributed by atoms with E-state index in [2.05, 4.69) is 9.97 Å². The van der Waals surface area contributed by atoms with E-state index in [1.165, 1.54) is 23.5 Å². The van der Waals surface area contributed by atoms with E-state index in [1.807, 2.05) is 6.07 Å². The Morgan fingerprint density at radius 1 is 1.15 bits per heavy atom. The first-order valence-corrected chi connectivity index (χ1v) is 11.7. The van der Waals surface area contributed by atoms with E-state index in [0.717, 1.165) is 10.8 Å². The van der Waals surface area contributed by atoms with E-state index in [1.54, 1.807) is 22.2 Å². The Morgan fingerprint density at radius 2 is 1.91 bits per heavy atom. The average Bonchev–Trinajstić information content (AvgIpc) is 3.48. The second-order valence-corrected chi connectivity index (χ2v) is 9.76. The van der Waals surface area contributed by atoms with Gasteiger partial charge in [-0.05, 0) is 36.6 Å². The lowest BCUT2D eigenvalue weighted by Gasteiger charge is -2.37. The van der Waals surface area contributed by atoms with Crippen molar-refractivity contribution in [1.82, 2.24) is 19.8 Å². The van der Waals surface area contributed by atoms with Crippen LogP contribution in [0, 0.1) is 11.6 Å². The maximum absolute atomic E-state index is 13.8. The molecule has 2 aromatic heterocycles. The molecule has 2 amide bonds. The number of likely N-dealkylation sites (tertiary alicyclic amines) is 1. The Labute approximate surface area is 192 Å². The van der Waals surface area contributed by atoms with Crippen LogP contribution < -0.4 is 0 Å². The maximum atomic E-state index is 13.8. The van der Waals surface area contributed by atoms with Gasteiger partial charge in [0.15, 0.2) is 10.6 Å². The van der Waals surface area contributed by atoms with Crippen molar-refractivity contribution in [3.63, 3.8) is 0 Å². The summed E-state index contributed by atoms with van der Waals surface area (Å²) in [6.07, 6.45) is 4.84. The number of carbonyl (C=O) groups excluding carboxylic acids is 2. The minimum absolute atomic E-state index is 0.155. The van der Waals surface area contributed by atoms with Crippen molar-refractivity contribution < 1.29 is 23.1 Å². The van der Waals surface area contributed by atoms with Gasteiger partial charge in [-0.25, -0.2) is 13.8 Å². The smallest absolute Gasteiger partial charge is 0.282 e. The molecule has 3 aliphatic heterocycles. The molecule has 3 saturated heterocycles. The minimum Gasteiger partial charge on any atom is -0.342 e. The molecule has 0 bridgehead atoms.